The first-order valence-electron chi connectivity index (χ1n) is 20.9. The first-order chi connectivity index (χ1) is 31.1. The molecule has 0 fully saturated rings. The summed E-state index contributed by atoms with van der Waals surface area (Å²) in [6.07, 6.45) is 7.67. The fourth-order valence-corrected chi connectivity index (χ4v) is 7.89. The molecule has 0 amide bonds. The third-order valence-corrected chi connectivity index (χ3v) is 11.0. The van der Waals surface area contributed by atoms with Crippen LogP contribution < -0.4 is 5.43 Å². The van der Waals surface area contributed by atoms with Crippen molar-refractivity contribution in [3.05, 3.63) is 242 Å². The van der Waals surface area contributed by atoms with E-state index in [4.69, 9.17) is 10.1 Å². The summed E-state index contributed by atoms with van der Waals surface area (Å²) in [7, 11) is 0. The Labute approximate surface area is 366 Å². The van der Waals surface area contributed by atoms with E-state index in [1.165, 1.54) is 0 Å². The first-order valence-corrected chi connectivity index (χ1v) is 20.9. The van der Waals surface area contributed by atoms with Crippen molar-refractivity contribution in [1.82, 2.24) is 15.0 Å². The number of allylic oxidation sites excluding steroid dienone is 4. The lowest BCUT2D eigenvalue weighted by atomic mass is 9.84. The Hall–Kier alpha value is -8.61. The Bertz CT molecular complexity index is 2990. The number of aromatic nitrogens is 3. The van der Waals surface area contributed by atoms with Crippen molar-refractivity contribution in [1.29, 1.82) is 5.41 Å². The molecular weight excluding hydrogens is 769 g/mol. The van der Waals surface area contributed by atoms with Gasteiger partial charge in [-0.3, -0.25) is 20.8 Å². The van der Waals surface area contributed by atoms with Gasteiger partial charge in [-0.05, 0) is 146 Å². The molecule has 0 bridgehead atoms. The molecule has 9 aromatic rings. The third-order valence-electron chi connectivity index (χ3n) is 11.0. The lowest BCUT2D eigenvalue weighted by molar-refractivity contribution is 1.21. The standard InChI is InChI=1S/C57H40N6/c58-57-51(49-33-45(41-21-9-3-10-22-41)30-46(34-49)42-23-11-4-12-24-42)35-48(47-31-43(39-17-5-1-6-18-39)29-44(32-47)40-19-7-2-8-20-40)36-56(57)63-62-50-37-54(52-25-13-15-27-59-52)61-55(38-50)53-26-14-16-28-60-53/h1-38,58H,(H,61,62)/b58-57?,63-56-. The fourth-order valence-electron chi connectivity index (χ4n) is 7.89. The molecule has 10 rings (SSSR count). The normalized spacial score (nSPS) is 13.0. The topological polar surface area (TPSA) is 86.9 Å². The number of nitrogens with zero attached hydrogens (tertiary/aromatic N) is 4. The van der Waals surface area contributed by atoms with Crippen LogP contribution in [0.25, 0.3) is 78.4 Å². The van der Waals surface area contributed by atoms with Gasteiger partial charge < -0.3 is 0 Å². The molecular formula is C57H40N6. The van der Waals surface area contributed by atoms with Crippen LogP contribution in [0.1, 0.15) is 11.1 Å². The molecule has 2 N–H and O–H groups in total. The summed E-state index contributed by atoms with van der Waals surface area (Å²) in [6.45, 7) is 0. The molecule has 0 spiro atoms. The summed E-state index contributed by atoms with van der Waals surface area (Å²) in [4.78, 5) is 14.1. The molecule has 6 nitrogen and oxygen atoms in total. The van der Waals surface area contributed by atoms with Crippen molar-refractivity contribution < 1.29 is 0 Å². The van der Waals surface area contributed by atoms with Crippen LogP contribution >= 0.6 is 0 Å². The number of anilines is 1. The van der Waals surface area contributed by atoms with Gasteiger partial charge >= 0.3 is 0 Å². The SMILES string of the molecule is N=C1C(c2cc(-c3ccccc3)cc(-c3ccccc3)c2)=CC(c2cc(-c3ccccc3)cc(-c3ccccc3)c2)=C/C1=N/Nc1cc(-c2ccccn2)nc(-c2ccccn2)c1. The van der Waals surface area contributed by atoms with Crippen LogP contribution in [0, 0.1) is 5.41 Å². The maximum Gasteiger partial charge on any atom is 0.109 e. The zero-order chi connectivity index (χ0) is 42.4. The number of benzene rings is 6. The Morgan fingerprint density at radius 3 is 1.17 bits per heavy atom. The molecule has 1 aliphatic rings. The highest BCUT2D eigenvalue weighted by Crippen LogP contribution is 2.38. The molecule has 0 saturated heterocycles. The highest BCUT2D eigenvalue weighted by atomic mass is 15.3. The molecule has 6 heteroatoms. The number of nitrogens with one attached hydrogen (secondary N) is 2. The Kier molecular flexibility index (Phi) is 10.7. The predicted molar refractivity (Wildman–Crippen MR) is 260 cm³/mol. The first kappa shape index (κ1) is 38.6. The minimum absolute atomic E-state index is 0.293. The van der Waals surface area contributed by atoms with Gasteiger partial charge in [0.25, 0.3) is 0 Å². The van der Waals surface area contributed by atoms with Crippen LogP contribution in [0.2, 0.25) is 0 Å². The predicted octanol–water partition coefficient (Wildman–Crippen LogP) is 13.8. The van der Waals surface area contributed by atoms with E-state index in [1.54, 1.807) is 12.4 Å². The molecule has 0 radical (unpaired) electrons. The molecule has 3 heterocycles. The smallest absolute Gasteiger partial charge is 0.109 e. The third kappa shape index (κ3) is 8.55. The second-order valence-corrected chi connectivity index (χ2v) is 15.3. The van der Waals surface area contributed by atoms with Gasteiger partial charge in [0.05, 0.1) is 34.2 Å². The van der Waals surface area contributed by atoms with Gasteiger partial charge in [0.15, 0.2) is 0 Å². The number of hydrogen-bond donors (Lipinski definition) is 2. The van der Waals surface area contributed by atoms with E-state index < -0.39 is 0 Å². The van der Waals surface area contributed by atoms with Crippen LogP contribution in [-0.2, 0) is 0 Å². The minimum Gasteiger partial charge on any atom is -0.298 e. The maximum absolute atomic E-state index is 9.90. The van der Waals surface area contributed by atoms with E-state index in [0.717, 1.165) is 78.2 Å². The van der Waals surface area contributed by atoms with E-state index in [-0.39, 0.29) is 0 Å². The van der Waals surface area contributed by atoms with Crippen molar-refractivity contribution in [2.75, 3.05) is 5.43 Å². The number of rotatable bonds is 10. The van der Waals surface area contributed by atoms with Crippen LogP contribution in [0.15, 0.2) is 236 Å². The quantitative estimate of drug-likeness (QED) is 0.106. The average Bonchev–Trinajstić information content (AvgIpc) is 3.37. The van der Waals surface area contributed by atoms with E-state index >= 15 is 0 Å². The monoisotopic (exact) mass is 808 g/mol. The summed E-state index contributed by atoms with van der Waals surface area (Å²) >= 11 is 0. The Morgan fingerprint density at radius 2 is 0.762 bits per heavy atom. The van der Waals surface area contributed by atoms with Crippen molar-refractivity contribution >= 4 is 28.3 Å². The van der Waals surface area contributed by atoms with Gasteiger partial charge in [-0.2, -0.15) is 5.10 Å². The lowest BCUT2D eigenvalue weighted by Gasteiger charge is -2.21. The maximum atomic E-state index is 9.90. The number of pyridine rings is 3. The van der Waals surface area contributed by atoms with Crippen molar-refractivity contribution in [3.8, 4) is 67.3 Å². The molecule has 63 heavy (non-hydrogen) atoms. The molecule has 1 aliphatic carbocycles. The molecule has 3 aromatic heterocycles. The van der Waals surface area contributed by atoms with Gasteiger partial charge in [0.2, 0.25) is 0 Å². The van der Waals surface area contributed by atoms with E-state index in [9.17, 15) is 5.41 Å². The number of hydrazone groups is 1. The Morgan fingerprint density at radius 1 is 0.365 bits per heavy atom. The van der Waals surface area contributed by atoms with Crippen molar-refractivity contribution in [2.45, 2.75) is 0 Å². The van der Waals surface area contributed by atoms with E-state index in [2.05, 4.69) is 155 Å². The molecule has 0 saturated carbocycles. The van der Waals surface area contributed by atoms with Crippen LogP contribution in [0.5, 0.6) is 0 Å². The van der Waals surface area contributed by atoms with Crippen molar-refractivity contribution in [3.63, 3.8) is 0 Å². The largest absolute Gasteiger partial charge is 0.298 e. The van der Waals surface area contributed by atoms with Gasteiger partial charge in [-0.25, -0.2) is 4.98 Å². The molecule has 298 valence electrons. The van der Waals surface area contributed by atoms with E-state index in [0.29, 0.717) is 28.5 Å². The highest BCUT2D eigenvalue weighted by Gasteiger charge is 2.23. The van der Waals surface area contributed by atoms with Gasteiger partial charge in [0, 0.05) is 18.0 Å². The fraction of sp³-hybridized carbons (Fsp3) is 0. The average molecular weight is 809 g/mol. The van der Waals surface area contributed by atoms with Gasteiger partial charge in [-0.15, -0.1) is 0 Å². The van der Waals surface area contributed by atoms with Crippen LogP contribution in [0.4, 0.5) is 5.69 Å². The molecule has 0 unspecified atom stereocenters. The van der Waals surface area contributed by atoms with Crippen LogP contribution in [-0.4, -0.2) is 26.4 Å². The summed E-state index contributed by atoms with van der Waals surface area (Å²) in [6, 6.07) is 70.5. The van der Waals surface area contributed by atoms with E-state index in [1.807, 2.05) is 78.9 Å². The van der Waals surface area contributed by atoms with Crippen molar-refractivity contribution in [2.24, 2.45) is 5.10 Å². The summed E-state index contributed by atoms with van der Waals surface area (Å²) in [5.74, 6) is 0. The zero-order valence-corrected chi connectivity index (χ0v) is 34.2. The van der Waals surface area contributed by atoms with Gasteiger partial charge in [0.1, 0.15) is 5.71 Å². The summed E-state index contributed by atoms with van der Waals surface area (Å²) in [5, 5.41) is 14.9. The second-order valence-electron chi connectivity index (χ2n) is 15.3. The summed E-state index contributed by atoms with van der Waals surface area (Å²) in [5.41, 5.74) is 20.0. The lowest BCUT2D eigenvalue weighted by Crippen LogP contribution is -2.18. The molecule has 0 aliphatic heterocycles. The number of hydrogen-bond acceptors (Lipinski definition) is 6. The Balaban J connectivity index is 1.15. The minimum atomic E-state index is 0.293. The molecule has 6 aromatic carbocycles. The highest BCUT2D eigenvalue weighted by molar-refractivity contribution is 6.62. The second kappa shape index (κ2) is 17.5. The van der Waals surface area contributed by atoms with Crippen LogP contribution in [0.3, 0.4) is 0 Å². The summed E-state index contributed by atoms with van der Waals surface area (Å²) < 4.78 is 0. The molecule has 0 atom stereocenters. The zero-order valence-electron chi connectivity index (χ0n) is 34.2. The van der Waals surface area contributed by atoms with Gasteiger partial charge in [-0.1, -0.05) is 133 Å².